The van der Waals surface area contributed by atoms with Crippen molar-refractivity contribution in [2.75, 3.05) is 0 Å². The Balaban J connectivity index is 1.86. The molecule has 2 aromatic rings. The Morgan fingerprint density at radius 3 is 2.33 bits per heavy atom. The summed E-state index contributed by atoms with van der Waals surface area (Å²) in [5.41, 5.74) is 1.60. The normalized spacial score (nSPS) is 16.2. The van der Waals surface area contributed by atoms with E-state index < -0.39 is 0 Å². The van der Waals surface area contributed by atoms with Crippen LogP contribution in [-0.4, -0.2) is 21.2 Å². The second kappa shape index (κ2) is 7.13. The largest absolute Gasteiger partial charge is 0.506 e. The van der Waals surface area contributed by atoms with E-state index in [9.17, 15) is 14.7 Å². The van der Waals surface area contributed by atoms with Crippen LogP contribution in [0.15, 0.2) is 56.3 Å². The molecule has 3 rings (SSSR count). The molecule has 24 heavy (non-hydrogen) atoms. The number of amides is 2. The molecule has 0 spiro atoms. The molecule has 1 saturated heterocycles. The van der Waals surface area contributed by atoms with E-state index in [-0.39, 0.29) is 23.4 Å². The van der Waals surface area contributed by atoms with Crippen molar-refractivity contribution < 1.29 is 14.7 Å². The first-order valence-corrected chi connectivity index (χ1v) is 9.33. The molecule has 1 N–H and O–H groups in total. The molecule has 0 unspecified atom stereocenters. The molecule has 7 heteroatoms. The van der Waals surface area contributed by atoms with Gasteiger partial charge in [0.05, 0.1) is 20.4 Å². The van der Waals surface area contributed by atoms with Gasteiger partial charge in [-0.3, -0.25) is 14.5 Å². The SMILES string of the molecule is O=C1S/C(=C\c2cc(Br)c(O)c(Br)c2)C(=O)N1Cc1ccccc1. The summed E-state index contributed by atoms with van der Waals surface area (Å²) in [5, 5.41) is 9.46. The van der Waals surface area contributed by atoms with Crippen LogP contribution >= 0.6 is 43.6 Å². The average molecular weight is 469 g/mol. The number of hydrogen-bond donors (Lipinski definition) is 1. The summed E-state index contributed by atoms with van der Waals surface area (Å²) < 4.78 is 1.01. The van der Waals surface area contributed by atoms with Crippen molar-refractivity contribution >= 4 is 60.8 Å². The Morgan fingerprint density at radius 2 is 1.71 bits per heavy atom. The average Bonchev–Trinajstić information content (AvgIpc) is 2.81. The summed E-state index contributed by atoms with van der Waals surface area (Å²) in [4.78, 5) is 26.2. The summed E-state index contributed by atoms with van der Waals surface area (Å²) in [6.45, 7) is 0.256. The minimum atomic E-state index is -0.311. The van der Waals surface area contributed by atoms with Gasteiger partial charge in [-0.05, 0) is 73.0 Å². The fourth-order valence-corrected chi connectivity index (χ4v) is 4.28. The number of phenolic OH excluding ortho intramolecular Hbond substituents is 1. The first-order valence-electron chi connectivity index (χ1n) is 6.93. The number of phenols is 1. The van der Waals surface area contributed by atoms with Gasteiger partial charge in [0.2, 0.25) is 0 Å². The first kappa shape index (κ1) is 17.3. The molecule has 0 aromatic heterocycles. The van der Waals surface area contributed by atoms with Crippen LogP contribution in [0, 0.1) is 0 Å². The molecule has 0 aliphatic carbocycles. The van der Waals surface area contributed by atoms with Crippen molar-refractivity contribution in [1.29, 1.82) is 0 Å². The molecule has 0 saturated carbocycles. The highest BCUT2D eigenvalue weighted by atomic mass is 79.9. The number of carbonyl (C=O) groups excluding carboxylic acids is 2. The molecule has 1 aliphatic heterocycles. The third-order valence-electron chi connectivity index (χ3n) is 3.39. The summed E-state index contributed by atoms with van der Waals surface area (Å²) in [6.07, 6.45) is 1.64. The molecule has 1 heterocycles. The van der Waals surface area contributed by atoms with Gasteiger partial charge in [-0.1, -0.05) is 30.3 Å². The maximum atomic E-state index is 12.5. The second-order valence-electron chi connectivity index (χ2n) is 5.09. The number of thioether (sulfide) groups is 1. The maximum absolute atomic E-state index is 12.5. The van der Waals surface area contributed by atoms with Crippen molar-refractivity contribution in [2.45, 2.75) is 6.54 Å². The molecule has 1 fully saturated rings. The molecular weight excluding hydrogens is 458 g/mol. The standard InChI is InChI=1S/C17H11Br2NO3S/c18-12-6-11(7-13(19)15(12)21)8-14-16(22)20(17(23)24-14)9-10-4-2-1-3-5-10/h1-8,21H,9H2/b14-8-. The van der Waals surface area contributed by atoms with Gasteiger partial charge in [0.25, 0.3) is 11.1 Å². The van der Waals surface area contributed by atoms with E-state index >= 15 is 0 Å². The van der Waals surface area contributed by atoms with Gasteiger partial charge in [-0.2, -0.15) is 0 Å². The second-order valence-corrected chi connectivity index (χ2v) is 7.79. The van der Waals surface area contributed by atoms with E-state index in [1.165, 1.54) is 4.90 Å². The van der Waals surface area contributed by atoms with Crippen LogP contribution in [0.3, 0.4) is 0 Å². The van der Waals surface area contributed by atoms with Gasteiger partial charge in [0.1, 0.15) is 5.75 Å². The van der Waals surface area contributed by atoms with E-state index in [0.717, 1.165) is 17.3 Å². The number of aromatic hydroxyl groups is 1. The number of nitrogens with zero attached hydrogens (tertiary/aromatic N) is 1. The summed E-state index contributed by atoms with van der Waals surface area (Å²) >= 11 is 7.42. The maximum Gasteiger partial charge on any atom is 0.293 e. The van der Waals surface area contributed by atoms with Crippen LogP contribution in [0.5, 0.6) is 5.75 Å². The lowest BCUT2D eigenvalue weighted by atomic mass is 10.2. The highest BCUT2D eigenvalue weighted by molar-refractivity contribution is 9.11. The Morgan fingerprint density at radius 1 is 1.08 bits per heavy atom. The molecule has 0 atom stereocenters. The lowest BCUT2D eigenvalue weighted by Crippen LogP contribution is -2.27. The topological polar surface area (TPSA) is 57.6 Å². The van der Waals surface area contributed by atoms with Gasteiger partial charge in [-0.25, -0.2) is 0 Å². The van der Waals surface area contributed by atoms with Crippen molar-refractivity contribution in [3.8, 4) is 5.75 Å². The zero-order valence-corrected chi connectivity index (χ0v) is 16.2. The van der Waals surface area contributed by atoms with Crippen LogP contribution in [0.25, 0.3) is 6.08 Å². The van der Waals surface area contributed by atoms with Gasteiger partial charge in [0, 0.05) is 0 Å². The van der Waals surface area contributed by atoms with E-state index in [2.05, 4.69) is 31.9 Å². The number of benzene rings is 2. The lowest BCUT2D eigenvalue weighted by Gasteiger charge is -2.12. The molecule has 2 aromatic carbocycles. The first-order chi connectivity index (χ1) is 11.5. The number of hydrogen-bond acceptors (Lipinski definition) is 4. The van der Waals surface area contributed by atoms with Gasteiger partial charge >= 0.3 is 0 Å². The molecule has 1 aliphatic rings. The third-order valence-corrected chi connectivity index (χ3v) is 5.51. The number of imide groups is 1. The number of carbonyl (C=O) groups is 2. The smallest absolute Gasteiger partial charge is 0.293 e. The predicted molar refractivity (Wildman–Crippen MR) is 101 cm³/mol. The molecule has 2 amide bonds. The van der Waals surface area contributed by atoms with Crippen LogP contribution in [0.2, 0.25) is 0 Å². The van der Waals surface area contributed by atoms with Crippen LogP contribution in [-0.2, 0) is 11.3 Å². The van der Waals surface area contributed by atoms with Crippen molar-refractivity contribution in [3.63, 3.8) is 0 Å². The number of rotatable bonds is 3. The fraction of sp³-hybridized carbons (Fsp3) is 0.0588. The van der Waals surface area contributed by atoms with Crippen molar-refractivity contribution in [3.05, 3.63) is 67.4 Å². The quantitative estimate of drug-likeness (QED) is 0.632. The molecule has 0 bridgehead atoms. The van der Waals surface area contributed by atoms with E-state index in [4.69, 9.17) is 0 Å². The Bertz CT molecular complexity index is 829. The predicted octanol–water partition coefficient (Wildman–Crippen LogP) is 5.15. The molecule has 4 nitrogen and oxygen atoms in total. The summed E-state index contributed by atoms with van der Waals surface area (Å²) in [6, 6.07) is 12.8. The van der Waals surface area contributed by atoms with Crippen molar-refractivity contribution in [1.82, 2.24) is 4.90 Å². The van der Waals surface area contributed by atoms with E-state index in [1.54, 1.807) is 18.2 Å². The van der Waals surface area contributed by atoms with Crippen LogP contribution in [0.1, 0.15) is 11.1 Å². The summed E-state index contributed by atoms with van der Waals surface area (Å²) in [5.74, 6) is -0.224. The minimum absolute atomic E-state index is 0.0873. The minimum Gasteiger partial charge on any atom is -0.506 e. The molecule has 122 valence electrons. The third kappa shape index (κ3) is 3.58. The highest BCUT2D eigenvalue weighted by Crippen LogP contribution is 2.37. The zero-order valence-electron chi connectivity index (χ0n) is 12.2. The van der Waals surface area contributed by atoms with Gasteiger partial charge in [-0.15, -0.1) is 0 Å². The Hall–Kier alpha value is -1.57. The van der Waals surface area contributed by atoms with E-state index in [0.29, 0.717) is 19.4 Å². The fourth-order valence-electron chi connectivity index (χ4n) is 2.22. The molecule has 0 radical (unpaired) electrons. The van der Waals surface area contributed by atoms with Gasteiger partial charge < -0.3 is 5.11 Å². The van der Waals surface area contributed by atoms with Crippen molar-refractivity contribution in [2.24, 2.45) is 0 Å². The highest BCUT2D eigenvalue weighted by Gasteiger charge is 2.34. The monoisotopic (exact) mass is 467 g/mol. The number of halogens is 2. The van der Waals surface area contributed by atoms with Gasteiger partial charge in [0.15, 0.2) is 0 Å². The summed E-state index contributed by atoms with van der Waals surface area (Å²) in [7, 11) is 0. The lowest BCUT2D eigenvalue weighted by molar-refractivity contribution is -0.123. The van der Waals surface area contributed by atoms with E-state index in [1.807, 2.05) is 30.3 Å². The Labute approximate surface area is 159 Å². The Kier molecular flexibility index (Phi) is 5.12. The van der Waals surface area contributed by atoms with Crippen LogP contribution in [0.4, 0.5) is 4.79 Å². The van der Waals surface area contributed by atoms with Crippen LogP contribution < -0.4 is 0 Å². The molecular formula is C17H11Br2NO3S. The zero-order chi connectivity index (χ0) is 17.3.